The summed E-state index contributed by atoms with van der Waals surface area (Å²) in [6, 6.07) is 0.868. The largest absolute Gasteiger partial charge is 0.417 e. The van der Waals surface area contributed by atoms with E-state index < -0.39 is 17.6 Å². The van der Waals surface area contributed by atoms with Gasteiger partial charge in [0.15, 0.2) is 0 Å². The molecule has 1 saturated carbocycles. The minimum Gasteiger partial charge on any atom is -0.370 e. The first kappa shape index (κ1) is 32.9. The van der Waals surface area contributed by atoms with Crippen LogP contribution in [0.4, 0.5) is 19.0 Å². The predicted molar refractivity (Wildman–Crippen MR) is 161 cm³/mol. The third-order valence-corrected chi connectivity index (χ3v) is 8.74. The zero-order valence-corrected chi connectivity index (χ0v) is 25.7. The Bertz CT molecular complexity index is 1130. The van der Waals surface area contributed by atoms with Crippen LogP contribution in [0.2, 0.25) is 0 Å². The van der Waals surface area contributed by atoms with Gasteiger partial charge >= 0.3 is 6.18 Å². The molecule has 2 heterocycles. The van der Waals surface area contributed by atoms with Crippen molar-refractivity contribution in [3.05, 3.63) is 29.1 Å². The number of nitrogens with one attached hydrogen (secondary N) is 2. The van der Waals surface area contributed by atoms with Gasteiger partial charge in [0.25, 0.3) is 5.91 Å². The van der Waals surface area contributed by atoms with Gasteiger partial charge in [0.2, 0.25) is 5.91 Å². The average molecular weight is 596 g/mol. The molecule has 1 aromatic heterocycles. The molecule has 0 radical (unpaired) electrons. The third kappa shape index (κ3) is 8.96. The van der Waals surface area contributed by atoms with E-state index in [0.29, 0.717) is 19.0 Å². The van der Waals surface area contributed by atoms with Gasteiger partial charge in [-0.25, -0.2) is 4.98 Å². The van der Waals surface area contributed by atoms with E-state index in [1.165, 1.54) is 0 Å². The molecular weight excluding hydrogens is 551 g/mol. The maximum absolute atomic E-state index is 14.5. The topological polar surface area (TPSA) is 86.7 Å². The molecule has 1 aromatic rings. The zero-order valence-electron chi connectivity index (χ0n) is 24.9. The summed E-state index contributed by atoms with van der Waals surface area (Å²) >= 11 is 0.862. The van der Waals surface area contributed by atoms with E-state index in [0.717, 1.165) is 69.0 Å². The summed E-state index contributed by atoms with van der Waals surface area (Å²) in [5.74, 6) is -0.463. The minimum atomic E-state index is -4.73. The number of aromatic nitrogens is 1. The Morgan fingerprint density at radius 3 is 2.46 bits per heavy atom. The van der Waals surface area contributed by atoms with Crippen molar-refractivity contribution in [3.63, 3.8) is 0 Å². The van der Waals surface area contributed by atoms with Crippen LogP contribution in [-0.2, 0) is 15.8 Å². The lowest BCUT2D eigenvalue weighted by atomic mass is 9.85. The number of amides is 2. The van der Waals surface area contributed by atoms with E-state index in [1.807, 2.05) is 34.6 Å². The smallest absolute Gasteiger partial charge is 0.370 e. The molecule has 1 aliphatic carbocycles. The van der Waals surface area contributed by atoms with Crippen molar-refractivity contribution in [2.24, 2.45) is 16.3 Å². The van der Waals surface area contributed by atoms with Gasteiger partial charge in [-0.15, -0.1) is 11.8 Å². The van der Waals surface area contributed by atoms with Crippen molar-refractivity contribution in [2.45, 2.75) is 97.8 Å². The fourth-order valence-corrected chi connectivity index (χ4v) is 6.14. The summed E-state index contributed by atoms with van der Waals surface area (Å²) in [6.07, 6.45) is 2.90. The molecule has 2 amide bonds. The van der Waals surface area contributed by atoms with Gasteiger partial charge in [0.1, 0.15) is 11.5 Å². The maximum atomic E-state index is 14.5. The molecule has 1 saturated heterocycles. The number of anilines is 1. The van der Waals surface area contributed by atoms with E-state index >= 15 is 0 Å². The van der Waals surface area contributed by atoms with Crippen LogP contribution < -0.4 is 10.6 Å². The first-order valence-electron chi connectivity index (χ1n) is 14.5. The molecular formula is C30H44F3N5O2S. The molecule has 0 aromatic carbocycles. The van der Waals surface area contributed by atoms with Crippen molar-refractivity contribution in [1.82, 2.24) is 15.2 Å². The third-order valence-electron chi connectivity index (χ3n) is 7.63. The SMILES string of the molecule is C=N/C(C(=O)N1C(C)CCC1CCC)=C(\SCC(=O)NCC(C)(C)C)c1cnc(NCC2CCC2)cc1C(F)(F)F. The van der Waals surface area contributed by atoms with Crippen LogP contribution in [0.15, 0.2) is 23.0 Å². The fraction of sp³-hybridized carbons (Fsp3) is 0.667. The highest BCUT2D eigenvalue weighted by molar-refractivity contribution is 8.08. The summed E-state index contributed by atoms with van der Waals surface area (Å²) in [7, 11) is 0. The molecule has 11 heteroatoms. The highest BCUT2D eigenvalue weighted by Crippen LogP contribution is 2.42. The molecule has 41 heavy (non-hydrogen) atoms. The van der Waals surface area contributed by atoms with Gasteiger partial charge in [-0.05, 0) is 63.1 Å². The van der Waals surface area contributed by atoms with Gasteiger partial charge in [0, 0.05) is 41.8 Å². The van der Waals surface area contributed by atoms with E-state index in [4.69, 9.17) is 0 Å². The van der Waals surface area contributed by atoms with Crippen LogP contribution >= 0.6 is 11.8 Å². The summed E-state index contributed by atoms with van der Waals surface area (Å²) in [6.45, 7) is 14.4. The lowest BCUT2D eigenvalue weighted by Crippen LogP contribution is -2.40. The number of hydrogen-bond donors (Lipinski definition) is 2. The standard InChI is InChI=1S/C30H44F3N5O2S/c1-7-9-21-13-12-19(2)38(21)28(40)26(34-6)27(41-17-25(39)37-18-29(3,4)5)22-16-36-24(14-23(22)30(31,32)33)35-15-20-10-8-11-20/h14,16,19-21H,6-13,15,17-18H2,1-5H3,(H,35,36)(H,37,39)/b27-26-. The van der Waals surface area contributed by atoms with Crippen LogP contribution in [0.25, 0.3) is 4.91 Å². The second-order valence-electron chi connectivity index (χ2n) is 12.3. The number of carbonyl (C=O) groups excluding carboxylic acids is 2. The van der Waals surface area contributed by atoms with Gasteiger partial charge in [-0.2, -0.15) is 13.2 Å². The second kappa shape index (κ2) is 14.1. The Morgan fingerprint density at radius 2 is 1.90 bits per heavy atom. The number of thioether (sulfide) groups is 1. The van der Waals surface area contributed by atoms with Crippen LogP contribution in [0.3, 0.4) is 0 Å². The van der Waals surface area contributed by atoms with Gasteiger partial charge in [-0.3, -0.25) is 14.6 Å². The summed E-state index contributed by atoms with van der Waals surface area (Å²) in [5.41, 5.74) is -1.57. The Balaban J connectivity index is 2.05. The van der Waals surface area contributed by atoms with Crippen LogP contribution in [-0.4, -0.2) is 59.3 Å². The highest BCUT2D eigenvalue weighted by Gasteiger charge is 2.39. The van der Waals surface area contributed by atoms with Crippen LogP contribution in [0.1, 0.15) is 90.7 Å². The molecule has 2 aliphatic rings. The summed E-state index contributed by atoms with van der Waals surface area (Å²) in [4.78, 5) is 36.6. The van der Waals surface area contributed by atoms with Crippen molar-refractivity contribution < 1.29 is 22.8 Å². The van der Waals surface area contributed by atoms with E-state index in [1.54, 1.807) is 4.90 Å². The van der Waals surface area contributed by atoms with Crippen molar-refractivity contribution in [1.29, 1.82) is 0 Å². The lowest BCUT2D eigenvalue weighted by Gasteiger charge is -2.29. The molecule has 2 N–H and O–H groups in total. The fourth-order valence-electron chi connectivity index (χ4n) is 5.15. The molecule has 228 valence electrons. The maximum Gasteiger partial charge on any atom is 0.417 e. The zero-order chi connectivity index (χ0) is 30.4. The Morgan fingerprint density at radius 1 is 1.20 bits per heavy atom. The van der Waals surface area contributed by atoms with Gasteiger partial charge in [-0.1, -0.05) is 40.5 Å². The number of likely N-dealkylation sites (tertiary alicyclic amines) is 1. The van der Waals surface area contributed by atoms with E-state index in [9.17, 15) is 22.8 Å². The quantitative estimate of drug-likeness (QED) is 0.206. The minimum absolute atomic E-state index is 0.0288. The number of carbonyl (C=O) groups is 2. The molecule has 1 aliphatic heterocycles. The molecule has 0 bridgehead atoms. The second-order valence-corrected chi connectivity index (χ2v) is 13.3. The molecule has 2 fully saturated rings. The molecule has 2 atom stereocenters. The van der Waals surface area contributed by atoms with Crippen molar-refractivity contribution >= 4 is 41.0 Å². The molecule has 7 nitrogen and oxygen atoms in total. The first-order valence-corrected chi connectivity index (χ1v) is 15.5. The molecule has 0 spiro atoms. The number of aliphatic imine (C=N–C) groups is 1. The molecule has 2 unspecified atom stereocenters. The first-order chi connectivity index (χ1) is 19.2. The van der Waals surface area contributed by atoms with Crippen LogP contribution in [0, 0.1) is 11.3 Å². The Labute approximate surface area is 246 Å². The monoisotopic (exact) mass is 595 g/mol. The lowest BCUT2D eigenvalue weighted by molar-refractivity contribution is -0.138. The molecule has 3 rings (SSSR count). The van der Waals surface area contributed by atoms with Gasteiger partial charge < -0.3 is 15.5 Å². The average Bonchev–Trinajstić information content (AvgIpc) is 3.23. The summed E-state index contributed by atoms with van der Waals surface area (Å²) < 4.78 is 43.5. The Kier molecular flexibility index (Phi) is 11.3. The number of hydrogen-bond acceptors (Lipinski definition) is 6. The van der Waals surface area contributed by atoms with E-state index in [2.05, 4.69) is 27.3 Å². The van der Waals surface area contributed by atoms with Crippen molar-refractivity contribution in [3.8, 4) is 0 Å². The predicted octanol–water partition coefficient (Wildman–Crippen LogP) is 6.76. The number of rotatable bonds is 12. The number of alkyl halides is 3. The highest BCUT2D eigenvalue weighted by atomic mass is 32.2. The normalized spacial score (nSPS) is 20.3. The van der Waals surface area contributed by atoms with E-state index in [-0.39, 0.29) is 51.1 Å². The summed E-state index contributed by atoms with van der Waals surface area (Å²) in [5, 5.41) is 5.86. The van der Waals surface area contributed by atoms with Crippen LogP contribution in [0.5, 0.6) is 0 Å². The number of pyridine rings is 1. The van der Waals surface area contributed by atoms with Gasteiger partial charge in [0.05, 0.1) is 11.3 Å². The number of halogens is 3. The number of nitrogens with zero attached hydrogens (tertiary/aromatic N) is 3. The van der Waals surface area contributed by atoms with Crippen molar-refractivity contribution in [2.75, 3.05) is 24.2 Å². The Hall–Kier alpha value is -2.56.